The zero-order valence-corrected chi connectivity index (χ0v) is 14.0. The van der Waals surface area contributed by atoms with Crippen molar-refractivity contribution in [3.63, 3.8) is 0 Å². The van der Waals surface area contributed by atoms with Gasteiger partial charge in [0.05, 0.1) is 5.75 Å². The minimum atomic E-state index is 0.188. The highest BCUT2D eigenvalue weighted by Gasteiger charge is 2.08. The summed E-state index contributed by atoms with van der Waals surface area (Å²) in [4.78, 5) is 13.4. The maximum atomic E-state index is 12.2. The molecule has 0 aliphatic heterocycles. The maximum Gasteiger partial charge on any atom is 0.173 e. The Morgan fingerprint density at radius 3 is 2.24 bits per heavy atom. The molecule has 2 aromatic rings. The largest absolute Gasteiger partial charge is 0.293 e. The van der Waals surface area contributed by atoms with E-state index in [1.807, 2.05) is 12.1 Å². The lowest BCUT2D eigenvalue weighted by Crippen LogP contribution is -2.02. The van der Waals surface area contributed by atoms with E-state index in [4.69, 9.17) is 0 Å². The monoisotopic (exact) mass is 298 g/mol. The number of carbonyl (C=O) groups is 1. The second kappa shape index (κ2) is 6.95. The van der Waals surface area contributed by atoms with Crippen molar-refractivity contribution in [2.45, 2.75) is 38.5 Å². The predicted octanol–water partition coefficient (Wildman–Crippen LogP) is 5.40. The molecule has 0 spiro atoms. The Kier molecular flexibility index (Phi) is 5.24. The van der Waals surface area contributed by atoms with Crippen molar-refractivity contribution in [3.05, 3.63) is 64.7 Å². The summed E-state index contributed by atoms with van der Waals surface area (Å²) in [5, 5.41) is 0. The first-order valence-electron chi connectivity index (χ1n) is 7.30. The van der Waals surface area contributed by atoms with Gasteiger partial charge in [-0.25, -0.2) is 0 Å². The third-order valence-electron chi connectivity index (χ3n) is 3.75. The van der Waals surface area contributed by atoms with Crippen molar-refractivity contribution in [1.29, 1.82) is 0 Å². The van der Waals surface area contributed by atoms with Crippen LogP contribution in [0, 0.1) is 13.8 Å². The van der Waals surface area contributed by atoms with Crippen LogP contribution in [0.15, 0.2) is 47.4 Å². The highest BCUT2D eigenvalue weighted by molar-refractivity contribution is 8.00. The van der Waals surface area contributed by atoms with Crippen LogP contribution in [0.5, 0.6) is 0 Å². The first-order chi connectivity index (χ1) is 9.97. The second-order valence-corrected chi connectivity index (χ2v) is 6.78. The normalized spacial score (nSPS) is 10.9. The van der Waals surface area contributed by atoms with Gasteiger partial charge in [-0.15, -0.1) is 11.8 Å². The molecule has 0 aliphatic rings. The summed E-state index contributed by atoms with van der Waals surface area (Å²) in [5.74, 6) is 1.18. The van der Waals surface area contributed by atoms with E-state index in [2.05, 4.69) is 58.0 Å². The SMILES string of the molecule is Cc1ccc(SCC(=O)c2ccc(C(C)C)cc2)cc1C. The minimum Gasteiger partial charge on any atom is -0.293 e. The molecule has 0 saturated heterocycles. The van der Waals surface area contributed by atoms with Crippen LogP contribution < -0.4 is 0 Å². The molecule has 110 valence electrons. The molecular formula is C19H22OS. The Morgan fingerprint density at radius 2 is 1.67 bits per heavy atom. The van der Waals surface area contributed by atoms with Gasteiger partial charge in [0.1, 0.15) is 0 Å². The molecule has 0 aliphatic carbocycles. The van der Waals surface area contributed by atoms with Crippen molar-refractivity contribution in [1.82, 2.24) is 0 Å². The van der Waals surface area contributed by atoms with Gasteiger partial charge in [0.15, 0.2) is 5.78 Å². The molecule has 0 N–H and O–H groups in total. The summed E-state index contributed by atoms with van der Waals surface area (Å²) in [5.41, 5.74) is 4.63. The summed E-state index contributed by atoms with van der Waals surface area (Å²) >= 11 is 1.61. The average Bonchev–Trinajstić information content (AvgIpc) is 2.48. The van der Waals surface area contributed by atoms with Crippen molar-refractivity contribution in [2.75, 3.05) is 5.75 Å². The summed E-state index contributed by atoms with van der Waals surface area (Å²) in [6.07, 6.45) is 0. The fraction of sp³-hybridized carbons (Fsp3) is 0.316. The molecule has 0 aromatic heterocycles. The van der Waals surface area contributed by atoms with Crippen LogP contribution in [0.3, 0.4) is 0 Å². The van der Waals surface area contributed by atoms with Crippen LogP contribution in [-0.2, 0) is 0 Å². The van der Waals surface area contributed by atoms with Crippen LogP contribution in [0.25, 0.3) is 0 Å². The van der Waals surface area contributed by atoms with Crippen LogP contribution in [0.1, 0.15) is 46.8 Å². The van der Waals surface area contributed by atoms with Gasteiger partial charge in [-0.3, -0.25) is 4.79 Å². The molecule has 0 fully saturated rings. The lowest BCUT2D eigenvalue weighted by molar-refractivity contribution is 0.102. The van der Waals surface area contributed by atoms with E-state index in [-0.39, 0.29) is 5.78 Å². The van der Waals surface area contributed by atoms with E-state index in [0.717, 1.165) is 10.5 Å². The number of Topliss-reactive ketones (excluding diaryl/α,β-unsaturated/α-hetero) is 1. The molecule has 0 radical (unpaired) electrons. The molecule has 0 unspecified atom stereocenters. The van der Waals surface area contributed by atoms with E-state index >= 15 is 0 Å². The number of benzene rings is 2. The zero-order chi connectivity index (χ0) is 15.4. The van der Waals surface area contributed by atoms with Gasteiger partial charge in [-0.2, -0.15) is 0 Å². The first-order valence-corrected chi connectivity index (χ1v) is 8.29. The molecule has 0 heterocycles. The number of thioether (sulfide) groups is 1. The molecule has 1 nitrogen and oxygen atoms in total. The Balaban J connectivity index is 1.99. The highest BCUT2D eigenvalue weighted by atomic mass is 32.2. The Labute approximate surface area is 131 Å². The molecule has 2 aromatic carbocycles. The zero-order valence-electron chi connectivity index (χ0n) is 13.1. The number of rotatable bonds is 5. The standard InChI is InChI=1S/C19H22OS/c1-13(2)16-6-8-17(9-7-16)19(20)12-21-18-10-5-14(3)15(4)11-18/h5-11,13H,12H2,1-4H3. The fourth-order valence-electron chi connectivity index (χ4n) is 2.09. The van der Waals surface area contributed by atoms with E-state index in [9.17, 15) is 4.79 Å². The van der Waals surface area contributed by atoms with Crippen LogP contribution in [0.4, 0.5) is 0 Å². The highest BCUT2D eigenvalue weighted by Crippen LogP contribution is 2.22. The van der Waals surface area contributed by atoms with Crippen molar-refractivity contribution < 1.29 is 4.79 Å². The fourth-order valence-corrected chi connectivity index (χ4v) is 2.98. The third kappa shape index (κ3) is 4.21. The number of ketones is 1. The van der Waals surface area contributed by atoms with Crippen LogP contribution >= 0.6 is 11.8 Å². The van der Waals surface area contributed by atoms with Crippen LogP contribution in [0.2, 0.25) is 0 Å². The maximum absolute atomic E-state index is 12.2. The summed E-state index contributed by atoms with van der Waals surface area (Å²) in [6, 6.07) is 14.3. The van der Waals surface area contributed by atoms with Crippen LogP contribution in [-0.4, -0.2) is 11.5 Å². The molecule has 2 heteroatoms. The van der Waals surface area contributed by atoms with Gasteiger partial charge in [0.2, 0.25) is 0 Å². The Hall–Kier alpha value is -1.54. The third-order valence-corrected chi connectivity index (χ3v) is 4.74. The Morgan fingerprint density at radius 1 is 1.00 bits per heavy atom. The van der Waals surface area contributed by atoms with E-state index in [0.29, 0.717) is 11.7 Å². The predicted molar refractivity (Wildman–Crippen MR) is 91.5 cm³/mol. The molecule has 0 bridgehead atoms. The van der Waals surface area contributed by atoms with Crippen molar-refractivity contribution >= 4 is 17.5 Å². The number of hydrogen-bond donors (Lipinski definition) is 0. The second-order valence-electron chi connectivity index (χ2n) is 5.73. The first kappa shape index (κ1) is 15.8. The Bertz CT molecular complexity index is 627. The van der Waals surface area contributed by atoms with Gasteiger partial charge in [-0.05, 0) is 48.6 Å². The van der Waals surface area contributed by atoms with E-state index in [1.54, 1.807) is 11.8 Å². The minimum absolute atomic E-state index is 0.188. The lowest BCUT2D eigenvalue weighted by Gasteiger charge is -2.07. The lowest BCUT2D eigenvalue weighted by atomic mass is 10.0. The van der Waals surface area contributed by atoms with Gasteiger partial charge < -0.3 is 0 Å². The quantitative estimate of drug-likeness (QED) is 0.543. The van der Waals surface area contributed by atoms with Crippen molar-refractivity contribution in [3.8, 4) is 0 Å². The molecule has 0 saturated carbocycles. The summed E-state index contributed by atoms with van der Waals surface area (Å²) < 4.78 is 0. The average molecular weight is 298 g/mol. The van der Waals surface area contributed by atoms with Crippen molar-refractivity contribution in [2.24, 2.45) is 0 Å². The smallest absolute Gasteiger partial charge is 0.173 e. The van der Waals surface area contributed by atoms with Gasteiger partial charge >= 0.3 is 0 Å². The number of carbonyl (C=O) groups excluding carboxylic acids is 1. The van der Waals surface area contributed by atoms with E-state index < -0.39 is 0 Å². The molecule has 0 atom stereocenters. The molecule has 2 rings (SSSR count). The molecule has 21 heavy (non-hydrogen) atoms. The van der Waals surface area contributed by atoms with E-state index in [1.165, 1.54) is 16.7 Å². The number of hydrogen-bond acceptors (Lipinski definition) is 2. The molecular weight excluding hydrogens is 276 g/mol. The van der Waals surface area contributed by atoms with Gasteiger partial charge in [-0.1, -0.05) is 44.2 Å². The molecule has 0 amide bonds. The summed E-state index contributed by atoms with van der Waals surface area (Å²) in [6.45, 7) is 8.52. The van der Waals surface area contributed by atoms with Gasteiger partial charge in [0, 0.05) is 10.5 Å². The topological polar surface area (TPSA) is 17.1 Å². The van der Waals surface area contributed by atoms with Gasteiger partial charge in [0.25, 0.3) is 0 Å². The summed E-state index contributed by atoms with van der Waals surface area (Å²) in [7, 11) is 0. The number of aryl methyl sites for hydroxylation is 2.